The number of rotatable bonds is 2. The summed E-state index contributed by atoms with van der Waals surface area (Å²) in [5, 5.41) is 0. The van der Waals surface area contributed by atoms with Crippen molar-refractivity contribution >= 4 is 22.6 Å². The van der Waals surface area contributed by atoms with Gasteiger partial charge in [0.05, 0.1) is 17.5 Å². The first-order valence-electron chi connectivity index (χ1n) is 3.39. The summed E-state index contributed by atoms with van der Waals surface area (Å²) >= 11 is 1.62. The molecule has 6 heteroatoms. The highest BCUT2D eigenvalue weighted by Gasteiger charge is 2.19. The molecule has 0 aliphatic heterocycles. The summed E-state index contributed by atoms with van der Waals surface area (Å²) in [5.74, 6) is -0.989. The minimum atomic E-state index is -2.83. The van der Waals surface area contributed by atoms with Gasteiger partial charge >= 0.3 is 0 Å². The van der Waals surface area contributed by atoms with Crippen LogP contribution < -0.4 is 5.73 Å². The van der Waals surface area contributed by atoms with E-state index in [9.17, 15) is 13.2 Å². The minimum absolute atomic E-state index is 0.0261. The van der Waals surface area contributed by atoms with Crippen LogP contribution in [0, 0.1) is 9.39 Å². The Morgan fingerprint density at radius 3 is 2.62 bits per heavy atom. The summed E-state index contributed by atoms with van der Waals surface area (Å²) in [5.41, 5.74) is 4.91. The fraction of sp³-hybridized carbons (Fsp3) is 0.286. The molecule has 1 aromatic rings. The highest BCUT2D eigenvalue weighted by molar-refractivity contribution is 14.1. The molecule has 0 saturated carbocycles. The first kappa shape index (κ1) is 10.7. The molecule has 72 valence electrons. The lowest BCUT2D eigenvalue weighted by Crippen LogP contribution is -2.07. The topological polar surface area (TPSA) is 38.9 Å². The fourth-order valence-electron chi connectivity index (χ4n) is 0.863. The number of nitrogens with two attached hydrogens (primary N) is 1. The zero-order chi connectivity index (χ0) is 10.0. The predicted molar refractivity (Wildman–Crippen MR) is 49.8 cm³/mol. The molecule has 0 radical (unpaired) electrons. The molecule has 0 amide bonds. The lowest BCUT2D eigenvalue weighted by Gasteiger charge is -2.07. The molecule has 1 rings (SSSR count). The van der Waals surface area contributed by atoms with Crippen molar-refractivity contribution in [3.05, 3.63) is 26.8 Å². The molecule has 1 aromatic heterocycles. The monoisotopic (exact) mass is 302 g/mol. The van der Waals surface area contributed by atoms with Crippen LogP contribution in [0.5, 0.6) is 0 Å². The maximum absolute atomic E-state index is 12.8. The molecule has 13 heavy (non-hydrogen) atoms. The maximum atomic E-state index is 12.8. The highest BCUT2D eigenvalue weighted by atomic mass is 127. The van der Waals surface area contributed by atoms with E-state index >= 15 is 0 Å². The third-order valence-electron chi connectivity index (χ3n) is 1.49. The van der Waals surface area contributed by atoms with Crippen molar-refractivity contribution in [2.45, 2.75) is 13.0 Å². The van der Waals surface area contributed by atoms with Crippen molar-refractivity contribution in [1.82, 2.24) is 4.98 Å². The van der Waals surface area contributed by atoms with Gasteiger partial charge in [0.1, 0.15) is 0 Å². The van der Waals surface area contributed by atoms with Gasteiger partial charge in [-0.2, -0.15) is 0 Å². The molecule has 1 heterocycles. The normalized spacial score (nSPS) is 10.9. The number of hydrogen-bond acceptors (Lipinski definition) is 2. The summed E-state index contributed by atoms with van der Waals surface area (Å²) in [6, 6.07) is 0. The lowest BCUT2D eigenvalue weighted by molar-refractivity contribution is 0.145. The number of alkyl halides is 2. The van der Waals surface area contributed by atoms with Gasteiger partial charge in [-0.05, 0) is 22.6 Å². The zero-order valence-electron chi connectivity index (χ0n) is 6.40. The van der Waals surface area contributed by atoms with Gasteiger partial charge in [-0.1, -0.05) is 0 Å². The molecule has 2 nitrogen and oxygen atoms in total. The molecule has 0 atom stereocenters. The van der Waals surface area contributed by atoms with Crippen molar-refractivity contribution in [2.75, 3.05) is 0 Å². The second-order valence-corrected chi connectivity index (χ2v) is 3.36. The first-order valence-corrected chi connectivity index (χ1v) is 4.46. The van der Waals surface area contributed by atoms with Crippen LogP contribution in [-0.2, 0) is 6.54 Å². The van der Waals surface area contributed by atoms with E-state index < -0.39 is 17.8 Å². The quantitative estimate of drug-likeness (QED) is 0.851. The van der Waals surface area contributed by atoms with Crippen LogP contribution in [0.15, 0.2) is 6.20 Å². The van der Waals surface area contributed by atoms with Gasteiger partial charge in [0.25, 0.3) is 6.43 Å². The van der Waals surface area contributed by atoms with Gasteiger partial charge < -0.3 is 5.73 Å². The fourth-order valence-corrected chi connectivity index (χ4v) is 1.72. The lowest BCUT2D eigenvalue weighted by atomic mass is 10.2. The molecule has 0 unspecified atom stereocenters. The molecular weight excluding hydrogens is 296 g/mol. The van der Waals surface area contributed by atoms with E-state index in [1.54, 1.807) is 22.6 Å². The molecule has 0 fully saturated rings. The van der Waals surface area contributed by atoms with Crippen LogP contribution in [0.1, 0.15) is 17.7 Å². The molecule has 0 aliphatic rings. The van der Waals surface area contributed by atoms with E-state index in [-0.39, 0.29) is 15.8 Å². The Balaban J connectivity index is 3.30. The van der Waals surface area contributed by atoms with Crippen molar-refractivity contribution in [3.8, 4) is 0 Å². The largest absolute Gasteiger partial charge is 0.325 e. The van der Waals surface area contributed by atoms with Gasteiger partial charge in [-0.15, -0.1) is 0 Å². The van der Waals surface area contributed by atoms with E-state index in [0.717, 1.165) is 6.20 Å². The van der Waals surface area contributed by atoms with Crippen molar-refractivity contribution in [3.63, 3.8) is 0 Å². The molecule has 0 saturated heterocycles. The van der Waals surface area contributed by atoms with Gasteiger partial charge in [-0.3, -0.25) is 4.98 Å². The Bertz CT molecular complexity index is 317. The summed E-state index contributed by atoms with van der Waals surface area (Å²) in [6.45, 7) is 0.0261. The predicted octanol–water partition coefficient (Wildman–Crippen LogP) is 2.22. The Morgan fingerprint density at radius 2 is 2.15 bits per heavy atom. The summed E-state index contributed by atoms with van der Waals surface area (Å²) < 4.78 is 37.5. The third kappa shape index (κ3) is 2.11. The second-order valence-electron chi connectivity index (χ2n) is 2.29. The Kier molecular flexibility index (Phi) is 3.48. The smallest absolute Gasteiger partial charge is 0.267 e. The zero-order valence-corrected chi connectivity index (χ0v) is 8.56. The Morgan fingerprint density at radius 1 is 1.54 bits per heavy atom. The van der Waals surface area contributed by atoms with Crippen molar-refractivity contribution < 1.29 is 13.2 Å². The van der Waals surface area contributed by atoms with E-state index in [1.165, 1.54) is 0 Å². The van der Waals surface area contributed by atoms with Gasteiger partial charge in [0.2, 0.25) is 0 Å². The summed E-state index contributed by atoms with van der Waals surface area (Å²) in [7, 11) is 0. The molecule has 0 spiro atoms. The maximum Gasteiger partial charge on any atom is 0.267 e. The van der Waals surface area contributed by atoms with Crippen LogP contribution in [0.25, 0.3) is 0 Å². The first-order chi connectivity index (χ1) is 6.07. The van der Waals surface area contributed by atoms with Crippen LogP contribution in [0.2, 0.25) is 0 Å². The molecule has 2 N–H and O–H groups in total. The summed E-state index contributed by atoms with van der Waals surface area (Å²) in [6.07, 6.45) is -2.06. The third-order valence-corrected chi connectivity index (χ3v) is 2.70. The van der Waals surface area contributed by atoms with Crippen LogP contribution in [0.3, 0.4) is 0 Å². The number of aromatic nitrogens is 1. The van der Waals surface area contributed by atoms with E-state index in [4.69, 9.17) is 5.73 Å². The minimum Gasteiger partial charge on any atom is -0.325 e. The van der Waals surface area contributed by atoms with E-state index in [1.807, 2.05) is 0 Å². The van der Waals surface area contributed by atoms with Crippen LogP contribution in [-0.4, -0.2) is 4.98 Å². The molecular formula is C7H6F3IN2. The van der Waals surface area contributed by atoms with E-state index in [2.05, 4.69) is 4.98 Å². The number of halogens is 4. The number of nitrogens with zero attached hydrogens (tertiary/aromatic N) is 1. The SMILES string of the molecule is NCc1ncc(F)c(C(F)F)c1I. The Labute approximate surface area is 86.5 Å². The average molecular weight is 302 g/mol. The second kappa shape index (κ2) is 4.23. The number of pyridine rings is 1. The molecule has 0 aromatic carbocycles. The number of hydrogen-bond donors (Lipinski definition) is 1. The molecule has 0 aliphatic carbocycles. The van der Waals surface area contributed by atoms with Gasteiger partial charge in [0.15, 0.2) is 5.82 Å². The van der Waals surface area contributed by atoms with Gasteiger partial charge in [0, 0.05) is 10.1 Å². The molecule has 0 bridgehead atoms. The van der Waals surface area contributed by atoms with Gasteiger partial charge in [-0.25, -0.2) is 13.2 Å². The summed E-state index contributed by atoms with van der Waals surface area (Å²) in [4.78, 5) is 3.60. The Hall–Kier alpha value is -0.370. The van der Waals surface area contributed by atoms with Crippen molar-refractivity contribution in [1.29, 1.82) is 0 Å². The van der Waals surface area contributed by atoms with Crippen LogP contribution >= 0.6 is 22.6 Å². The highest BCUT2D eigenvalue weighted by Crippen LogP contribution is 2.28. The average Bonchev–Trinajstić information content (AvgIpc) is 2.04. The van der Waals surface area contributed by atoms with E-state index in [0.29, 0.717) is 0 Å². The van der Waals surface area contributed by atoms with Crippen molar-refractivity contribution in [2.24, 2.45) is 5.73 Å². The standard InChI is InChI=1S/C7H6F3IN2/c8-3-2-13-4(1-12)6(11)5(3)7(9)10/h2,7H,1,12H2. The van der Waals surface area contributed by atoms with Crippen LogP contribution in [0.4, 0.5) is 13.2 Å².